The largest absolute Gasteiger partial charge is 0.494 e. The number of carbonyl (C=O) groups excluding carboxylic acids is 1. The van der Waals surface area contributed by atoms with Gasteiger partial charge in [-0.3, -0.25) is 9.52 Å². The van der Waals surface area contributed by atoms with E-state index < -0.39 is 10.0 Å². The Balaban J connectivity index is 1.80. The van der Waals surface area contributed by atoms with E-state index in [1.165, 1.54) is 6.07 Å². The summed E-state index contributed by atoms with van der Waals surface area (Å²) in [5, 5.41) is 2.93. The van der Waals surface area contributed by atoms with Crippen LogP contribution in [0, 0.1) is 20.8 Å². The molecular formula is C26H30N2O4S. The van der Waals surface area contributed by atoms with E-state index >= 15 is 0 Å². The van der Waals surface area contributed by atoms with Gasteiger partial charge in [-0.15, -0.1) is 0 Å². The summed E-state index contributed by atoms with van der Waals surface area (Å²) in [4.78, 5) is 13.0. The third kappa shape index (κ3) is 6.14. The van der Waals surface area contributed by atoms with Crippen LogP contribution in [0.15, 0.2) is 65.6 Å². The monoisotopic (exact) mass is 466 g/mol. The fraction of sp³-hybridized carbons (Fsp3) is 0.269. The average Bonchev–Trinajstić information content (AvgIpc) is 2.73. The van der Waals surface area contributed by atoms with Gasteiger partial charge in [0.15, 0.2) is 0 Å². The first-order chi connectivity index (χ1) is 15.6. The van der Waals surface area contributed by atoms with Crippen molar-refractivity contribution in [3.8, 4) is 5.75 Å². The molecule has 3 aromatic carbocycles. The van der Waals surface area contributed by atoms with Crippen molar-refractivity contribution in [1.29, 1.82) is 0 Å². The lowest BCUT2D eigenvalue weighted by Crippen LogP contribution is -2.27. The van der Waals surface area contributed by atoms with Gasteiger partial charge in [0.1, 0.15) is 5.75 Å². The number of rotatable bonds is 8. The highest BCUT2D eigenvalue weighted by Gasteiger charge is 2.20. The zero-order chi connectivity index (χ0) is 24.2. The van der Waals surface area contributed by atoms with Crippen LogP contribution in [0.1, 0.15) is 52.5 Å². The number of benzene rings is 3. The molecule has 6 nitrogen and oxygen atoms in total. The molecule has 0 aliphatic heterocycles. The first-order valence-electron chi connectivity index (χ1n) is 10.8. The number of carbonyl (C=O) groups is 1. The van der Waals surface area contributed by atoms with Crippen LogP contribution in [0.5, 0.6) is 5.75 Å². The summed E-state index contributed by atoms with van der Waals surface area (Å²) >= 11 is 0. The summed E-state index contributed by atoms with van der Waals surface area (Å²) in [5.74, 6) is 0.420. The average molecular weight is 467 g/mol. The Morgan fingerprint density at radius 2 is 1.58 bits per heavy atom. The van der Waals surface area contributed by atoms with Crippen LogP contribution in [0.4, 0.5) is 5.69 Å². The molecule has 2 N–H and O–H groups in total. The molecule has 1 atom stereocenters. The lowest BCUT2D eigenvalue weighted by molar-refractivity contribution is 0.0939. The standard InChI is InChI=1S/C26H30N2O4S/c1-6-32-24-11-9-21(10-12-24)20(5)27-26(29)22-8-7-19(4)25(16-22)33(30,31)28-23-14-17(2)13-18(3)15-23/h7-16,20,28H,6H2,1-5H3,(H,27,29)/t20-/m0/s1. The quantitative estimate of drug-likeness (QED) is 0.472. The minimum atomic E-state index is -3.87. The van der Waals surface area contributed by atoms with Gasteiger partial charge < -0.3 is 10.1 Å². The van der Waals surface area contributed by atoms with E-state index in [1.54, 1.807) is 31.2 Å². The van der Waals surface area contributed by atoms with E-state index in [9.17, 15) is 13.2 Å². The molecule has 0 radical (unpaired) electrons. The van der Waals surface area contributed by atoms with Gasteiger partial charge in [0.05, 0.1) is 17.5 Å². The molecule has 0 fully saturated rings. The Labute approximate surface area is 196 Å². The molecule has 0 saturated carbocycles. The molecule has 0 spiro atoms. The van der Waals surface area contributed by atoms with Crippen LogP contribution >= 0.6 is 0 Å². The third-order valence-corrected chi connectivity index (χ3v) is 6.78. The zero-order valence-electron chi connectivity index (χ0n) is 19.6. The second-order valence-electron chi connectivity index (χ2n) is 8.16. The molecule has 0 saturated heterocycles. The van der Waals surface area contributed by atoms with Crippen LogP contribution in [0.3, 0.4) is 0 Å². The van der Waals surface area contributed by atoms with Gasteiger partial charge in [-0.1, -0.05) is 24.3 Å². The second-order valence-corrected chi connectivity index (χ2v) is 9.81. The van der Waals surface area contributed by atoms with E-state index in [2.05, 4.69) is 10.0 Å². The lowest BCUT2D eigenvalue weighted by atomic mass is 10.1. The van der Waals surface area contributed by atoms with Crippen molar-refractivity contribution < 1.29 is 17.9 Å². The number of anilines is 1. The summed E-state index contributed by atoms with van der Waals surface area (Å²) < 4.78 is 34.3. The molecule has 0 bridgehead atoms. The molecule has 0 heterocycles. The maximum Gasteiger partial charge on any atom is 0.262 e. The van der Waals surface area contributed by atoms with Crippen LogP contribution in [-0.2, 0) is 10.0 Å². The summed E-state index contributed by atoms with van der Waals surface area (Å²) in [6.45, 7) is 9.91. The molecular weight excluding hydrogens is 436 g/mol. The van der Waals surface area contributed by atoms with Crippen LogP contribution < -0.4 is 14.8 Å². The predicted octanol–water partition coefficient (Wildman–Crippen LogP) is 5.30. The molecule has 3 aromatic rings. The van der Waals surface area contributed by atoms with E-state index in [1.807, 2.05) is 58.0 Å². The molecule has 0 aliphatic rings. The SMILES string of the molecule is CCOc1ccc([C@H](C)NC(=O)c2ccc(C)c(S(=O)(=O)Nc3cc(C)cc(C)c3)c2)cc1. The highest BCUT2D eigenvalue weighted by molar-refractivity contribution is 7.92. The van der Waals surface area contributed by atoms with Gasteiger partial charge >= 0.3 is 0 Å². The number of hydrogen-bond acceptors (Lipinski definition) is 4. The number of hydrogen-bond donors (Lipinski definition) is 2. The number of ether oxygens (including phenoxy) is 1. The van der Waals surface area contributed by atoms with Crippen molar-refractivity contribution in [3.63, 3.8) is 0 Å². The summed E-state index contributed by atoms with van der Waals surface area (Å²) in [6.07, 6.45) is 0. The van der Waals surface area contributed by atoms with Gasteiger partial charge in [-0.2, -0.15) is 0 Å². The summed E-state index contributed by atoms with van der Waals surface area (Å²) in [5.41, 5.74) is 4.16. The van der Waals surface area contributed by atoms with Crippen LogP contribution in [0.25, 0.3) is 0 Å². The fourth-order valence-electron chi connectivity index (χ4n) is 3.66. The molecule has 3 rings (SSSR count). The van der Waals surface area contributed by atoms with E-state index in [0.29, 0.717) is 17.9 Å². The molecule has 174 valence electrons. The Hall–Kier alpha value is -3.32. The van der Waals surface area contributed by atoms with Crippen molar-refractivity contribution in [1.82, 2.24) is 5.32 Å². The molecule has 0 unspecified atom stereocenters. The first kappa shape index (κ1) is 24.3. The van der Waals surface area contributed by atoms with Gasteiger partial charge in [0.25, 0.3) is 15.9 Å². The number of amides is 1. The first-order valence-corrected chi connectivity index (χ1v) is 12.3. The van der Waals surface area contributed by atoms with Crippen molar-refractivity contribution >= 4 is 21.6 Å². The molecule has 1 amide bonds. The third-order valence-electron chi connectivity index (χ3n) is 5.25. The van der Waals surface area contributed by atoms with E-state index in [4.69, 9.17) is 4.74 Å². The van der Waals surface area contributed by atoms with Crippen molar-refractivity contribution in [2.45, 2.75) is 45.6 Å². The number of aryl methyl sites for hydroxylation is 3. The predicted molar refractivity (Wildman–Crippen MR) is 131 cm³/mol. The fourth-order valence-corrected chi connectivity index (χ4v) is 4.97. The van der Waals surface area contributed by atoms with E-state index in [-0.39, 0.29) is 22.4 Å². The van der Waals surface area contributed by atoms with Crippen molar-refractivity contribution in [2.75, 3.05) is 11.3 Å². The van der Waals surface area contributed by atoms with E-state index in [0.717, 1.165) is 22.4 Å². The lowest BCUT2D eigenvalue weighted by Gasteiger charge is -2.16. The number of nitrogens with one attached hydrogen (secondary N) is 2. The van der Waals surface area contributed by atoms with Gasteiger partial charge in [-0.05, 0) is 93.3 Å². The van der Waals surface area contributed by atoms with Crippen molar-refractivity contribution in [3.05, 3.63) is 88.5 Å². The Kier molecular flexibility index (Phi) is 7.43. The molecule has 33 heavy (non-hydrogen) atoms. The smallest absolute Gasteiger partial charge is 0.262 e. The minimum Gasteiger partial charge on any atom is -0.494 e. The zero-order valence-corrected chi connectivity index (χ0v) is 20.4. The molecule has 0 aromatic heterocycles. The van der Waals surface area contributed by atoms with Crippen LogP contribution in [-0.4, -0.2) is 20.9 Å². The van der Waals surface area contributed by atoms with Gasteiger partial charge in [0, 0.05) is 11.3 Å². The normalized spacial score (nSPS) is 12.2. The highest BCUT2D eigenvalue weighted by Crippen LogP contribution is 2.23. The Bertz CT molecular complexity index is 1230. The Morgan fingerprint density at radius 1 is 0.939 bits per heavy atom. The summed E-state index contributed by atoms with van der Waals surface area (Å²) in [6, 6.07) is 17.5. The maximum absolute atomic E-state index is 13.1. The van der Waals surface area contributed by atoms with Crippen LogP contribution in [0.2, 0.25) is 0 Å². The second kappa shape index (κ2) is 10.1. The van der Waals surface area contributed by atoms with Crippen molar-refractivity contribution in [2.24, 2.45) is 0 Å². The molecule has 7 heteroatoms. The minimum absolute atomic E-state index is 0.0722. The maximum atomic E-state index is 13.1. The Morgan fingerprint density at radius 3 is 2.18 bits per heavy atom. The molecule has 0 aliphatic carbocycles. The van der Waals surface area contributed by atoms with Gasteiger partial charge in [-0.25, -0.2) is 8.42 Å². The number of sulfonamides is 1. The highest BCUT2D eigenvalue weighted by atomic mass is 32.2. The van der Waals surface area contributed by atoms with Gasteiger partial charge in [0.2, 0.25) is 0 Å². The topological polar surface area (TPSA) is 84.5 Å². The summed E-state index contributed by atoms with van der Waals surface area (Å²) in [7, 11) is -3.87.